The van der Waals surface area contributed by atoms with Crippen molar-refractivity contribution in [1.82, 2.24) is 4.90 Å². The molecule has 0 aliphatic carbocycles. The van der Waals surface area contributed by atoms with Crippen molar-refractivity contribution >= 4 is 17.2 Å². The maximum atomic E-state index is 13.6. The molecule has 0 amide bonds. The van der Waals surface area contributed by atoms with Crippen LogP contribution in [0.15, 0.2) is 42.5 Å². The molecule has 2 rings (SSSR count). The maximum Gasteiger partial charge on any atom is 0.133 e. The van der Waals surface area contributed by atoms with E-state index in [0.29, 0.717) is 12.1 Å². The molecule has 0 aromatic heterocycles. The van der Waals surface area contributed by atoms with Crippen molar-refractivity contribution in [2.75, 3.05) is 7.05 Å². The number of thiocarbonyl (C=S) groups is 1. The molecule has 0 spiro atoms. The topological polar surface area (TPSA) is 29.3 Å². The lowest BCUT2D eigenvalue weighted by atomic mass is 10.1. The van der Waals surface area contributed by atoms with E-state index in [1.54, 1.807) is 12.1 Å². The second-order valence-electron chi connectivity index (χ2n) is 5.34. The minimum atomic E-state index is -0.368. The summed E-state index contributed by atoms with van der Waals surface area (Å²) in [6.07, 6.45) is 0. The van der Waals surface area contributed by atoms with Gasteiger partial charge in [-0.1, -0.05) is 48.1 Å². The molecule has 0 heterocycles. The summed E-state index contributed by atoms with van der Waals surface area (Å²) in [6, 6.07) is 13.4. The summed E-state index contributed by atoms with van der Waals surface area (Å²) in [6.45, 7) is 3.62. The lowest BCUT2D eigenvalue weighted by Crippen LogP contribution is -2.18. The van der Waals surface area contributed by atoms with Gasteiger partial charge in [0.1, 0.15) is 10.8 Å². The minimum Gasteiger partial charge on any atom is -0.389 e. The van der Waals surface area contributed by atoms with Crippen LogP contribution in [-0.2, 0) is 13.1 Å². The van der Waals surface area contributed by atoms with Crippen molar-refractivity contribution in [3.8, 4) is 0 Å². The molecule has 0 unspecified atom stereocenters. The zero-order valence-corrected chi connectivity index (χ0v) is 13.1. The third-order valence-electron chi connectivity index (χ3n) is 3.32. The van der Waals surface area contributed by atoms with Gasteiger partial charge in [-0.15, -0.1) is 0 Å². The fraction of sp³-hybridized carbons (Fsp3) is 0.235. The number of halogens is 1. The van der Waals surface area contributed by atoms with Gasteiger partial charge in [-0.3, -0.25) is 4.90 Å². The van der Waals surface area contributed by atoms with Gasteiger partial charge in [-0.25, -0.2) is 4.39 Å². The standard InChI is InChI=1S/C17H19FN2S/c1-12-3-5-13(6-4-12)10-20(2)11-14-7-8-16(18)15(9-14)17(19)21/h3-9H,10-11H2,1-2H3,(H2,19,21). The van der Waals surface area contributed by atoms with Gasteiger partial charge in [-0.05, 0) is 37.2 Å². The summed E-state index contributed by atoms with van der Waals surface area (Å²) in [5.74, 6) is -0.368. The van der Waals surface area contributed by atoms with E-state index >= 15 is 0 Å². The number of nitrogens with two attached hydrogens (primary N) is 1. The van der Waals surface area contributed by atoms with Gasteiger partial charge in [0.2, 0.25) is 0 Å². The van der Waals surface area contributed by atoms with E-state index in [1.165, 1.54) is 17.2 Å². The summed E-state index contributed by atoms with van der Waals surface area (Å²) >= 11 is 4.86. The molecule has 2 nitrogen and oxygen atoms in total. The average molecular weight is 302 g/mol. The van der Waals surface area contributed by atoms with Gasteiger partial charge in [0, 0.05) is 18.7 Å². The van der Waals surface area contributed by atoms with Crippen LogP contribution in [0.4, 0.5) is 4.39 Å². The van der Waals surface area contributed by atoms with Crippen LogP contribution in [0.1, 0.15) is 22.3 Å². The molecular weight excluding hydrogens is 283 g/mol. The summed E-state index contributed by atoms with van der Waals surface area (Å²) in [5.41, 5.74) is 9.34. The first-order chi connectivity index (χ1) is 9.95. The van der Waals surface area contributed by atoms with Gasteiger partial charge in [0.25, 0.3) is 0 Å². The Labute approximate surface area is 130 Å². The van der Waals surface area contributed by atoms with Crippen LogP contribution in [0.2, 0.25) is 0 Å². The highest BCUT2D eigenvalue weighted by molar-refractivity contribution is 7.80. The van der Waals surface area contributed by atoms with Gasteiger partial charge in [0.15, 0.2) is 0 Å². The van der Waals surface area contributed by atoms with E-state index in [1.807, 2.05) is 7.05 Å². The highest BCUT2D eigenvalue weighted by atomic mass is 32.1. The van der Waals surface area contributed by atoms with E-state index in [-0.39, 0.29) is 10.8 Å². The smallest absolute Gasteiger partial charge is 0.133 e. The monoisotopic (exact) mass is 302 g/mol. The van der Waals surface area contributed by atoms with Crippen molar-refractivity contribution in [2.45, 2.75) is 20.0 Å². The number of aryl methyl sites for hydroxylation is 1. The van der Waals surface area contributed by atoms with Crippen molar-refractivity contribution in [3.05, 3.63) is 70.5 Å². The Bertz CT molecular complexity index is 638. The Morgan fingerprint density at radius 3 is 2.29 bits per heavy atom. The minimum absolute atomic E-state index is 0.0931. The number of hydrogen-bond acceptors (Lipinski definition) is 2. The first kappa shape index (κ1) is 15.6. The van der Waals surface area contributed by atoms with E-state index < -0.39 is 0 Å². The average Bonchev–Trinajstić information content (AvgIpc) is 2.43. The quantitative estimate of drug-likeness (QED) is 0.858. The molecular formula is C17H19FN2S. The molecule has 2 aromatic rings. The van der Waals surface area contributed by atoms with Crippen LogP contribution in [0.5, 0.6) is 0 Å². The summed E-state index contributed by atoms with van der Waals surface area (Å²) < 4.78 is 13.6. The van der Waals surface area contributed by atoms with Crippen LogP contribution in [0, 0.1) is 12.7 Å². The zero-order chi connectivity index (χ0) is 15.4. The van der Waals surface area contributed by atoms with Gasteiger partial charge in [0.05, 0.1) is 0 Å². The molecule has 21 heavy (non-hydrogen) atoms. The summed E-state index contributed by atoms with van der Waals surface area (Å²) in [7, 11) is 2.03. The van der Waals surface area contributed by atoms with Crippen LogP contribution in [-0.4, -0.2) is 16.9 Å². The molecule has 0 aliphatic heterocycles. The molecule has 4 heteroatoms. The van der Waals surface area contributed by atoms with Crippen LogP contribution >= 0.6 is 12.2 Å². The lowest BCUT2D eigenvalue weighted by molar-refractivity contribution is 0.319. The molecule has 0 fully saturated rings. The molecule has 0 saturated heterocycles. The predicted octanol–water partition coefficient (Wildman–Crippen LogP) is 3.40. The first-order valence-corrected chi connectivity index (χ1v) is 7.19. The molecule has 2 aromatic carbocycles. The number of rotatable bonds is 5. The van der Waals surface area contributed by atoms with E-state index in [2.05, 4.69) is 36.1 Å². The highest BCUT2D eigenvalue weighted by Crippen LogP contribution is 2.14. The SMILES string of the molecule is Cc1ccc(CN(C)Cc2ccc(F)c(C(N)=S)c2)cc1. The van der Waals surface area contributed by atoms with Gasteiger partial charge in [-0.2, -0.15) is 0 Å². The van der Waals surface area contributed by atoms with Crippen molar-refractivity contribution < 1.29 is 4.39 Å². The second kappa shape index (κ2) is 6.78. The Balaban J connectivity index is 2.05. The van der Waals surface area contributed by atoms with Crippen LogP contribution < -0.4 is 5.73 Å². The van der Waals surface area contributed by atoms with Crippen molar-refractivity contribution in [3.63, 3.8) is 0 Å². The Kier molecular flexibility index (Phi) is 5.04. The maximum absolute atomic E-state index is 13.6. The number of benzene rings is 2. The second-order valence-corrected chi connectivity index (χ2v) is 5.78. The van der Waals surface area contributed by atoms with E-state index in [9.17, 15) is 4.39 Å². The summed E-state index contributed by atoms with van der Waals surface area (Å²) in [5, 5.41) is 0. The molecule has 2 N–H and O–H groups in total. The lowest BCUT2D eigenvalue weighted by Gasteiger charge is -2.17. The Hall–Kier alpha value is -1.78. The molecule has 0 atom stereocenters. The third-order valence-corrected chi connectivity index (χ3v) is 3.54. The highest BCUT2D eigenvalue weighted by Gasteiger charge is 2.08. The molecule has 0 saturated carbocycles. The molecule has 0 radical (unpaired) electrons. The molecule has 110 valence electrons. The van der Waals surface area contributed by atoms with E-state index in [0.717, 1.165) is 12.1 Å². The van der Waals surface area contributed by atoms with Crippen molar-refractivity contribution in [1.29, 1.82) is 0 Å². The summed E-state index contributed by atoms with van der Waals surface area (Å²) in [4.78, 5) is 2.26. The third kappa shape index (κ3) is 4.34. The number of nitrogens with zero attached hydrogens (tertiary/aromatic N) is 1. The normalized spacial score (nSPS) is 10.9. The largest absolute Gasteiger partial charge is 0.389 e. The molecule has 0 aliphatic rings. The van der Waals surface area contributed by atoms with Crippen LogP contribution in [0.25, 0.3) is 0 Å². The fourth-order valence-corrected chi connectivity index (χ4v) is 2.39. The number of hydrogen-bond donors (Lipinski definition) is 1. The van der Waals surface area contributed by atoms with Crippen LogP contribution in [0.3, 0.4) is 0 Å². The molecule has 0 bridgehead atoms. The van der Waals surface area contributed by atoms with Gasteiger partial charge >= 0.3 is 0 Å². The zero-order valence-electron chi connectivity index (χ0n) is 12.3. The van der Waals surface area contributed by atoms with Gasteiger partial charge < -0.3 is 5.73 Å². The predicted molar refractivity (Wildman–Crippen MR) is 88.6 cm³/mol. The fourth-order valence-electron chi connectivity index (χ4n) is 2.23. The Morgan fingerprint density at radius 2 is 1.67 bits per heavy atom. The Morgan fingerprint density at radius 1 is 1.10 bits per heavy atom. The van der Waals surface area contributed by atoms with E-state index in [4.69, 9.17) is 18.0 Å². The first-order valence-electron chi connectivity index (χ1n) is 6.78. The van der Waals surface area contributed by atoms with Crippen molar-refractivity contribution in [2.24, 2.45) is 5.73 Å².